The van der Waals surface area contributed by atoms with Crippen molar-refractivity contribution >= 4 is 28.3 Å². The maximum Gasteiger partial charge on any atom is 0.249 e. The average Bonchev–Trinajstić information content (AvgIpc) is 3.17. The van der Waals surface area contributed by atoms with Gasteiger partial charge in [0, 0.05) is 19.4 Å². The van der Waals surface area contributed by atoms with E-state index in [0.717, 1.165) is 37.1 Å². The normalized spacial score (nSPS) is 17.5. The Morgan fingerprint density at radius 1 is 1.26 bits per heavy atom. The van der Waals surface area contributed by atoms with E-state index in [1.54, 1.807) is 4.90 Å². The number of hydrogen-bond acceptors (Lipinski definition) is 5. The summed E-state index contributed by atoms with van der Waals surface area (Å²) in [5, 5.41) is 12.5. The van der Waals surface area contributed by atoms with Gasteiger partial charge in [-0.2, -0.15) is 0 Å². The third-order valence-corrected chi connectivity index (χ3v) is 4.93. The van der Waals surface area contributed by atoms with Crippen LogP contribution in [-0.4, -0.2) is 39.5 Å². The van der Waals surface area contributed by atoms with Gasteiger partial charge in [0.15, 0.2) is 0 Å². The summed E-state index contributed by atoms with van der Waals surface area (Å²) >= 11 is 1.43. The minimum absolute atomic E-state index is 0.0719. The summed E-state index contributed by atoms with van der Waals surface area (Å²) < 4.78 is 0. The second-order valence-electron chi connectivity index (χ2n) is 5.94. The number of rotatable bonds is 8. The first-order chi connectivity index (χ1) is 11.2. The fourth-order valence-electron chi connectivity index (χ4n) is 2.82. The molecule has 1 saturated heterocycles. The van der Waals surface area contributed by atoms with Crippen LogP contribution in [0.1, 0.15) is 63.8 Å². The van der Waals surface area contributed by atoms with Gasteiger partial charge >= 0.3 is 0 Å². The molecule has 7 heteroatoms. The smallest absolute Gasteiger partial charge is 0.249 e. The quantitative estimate of drug-likeness (QED) is 0.739. The summed E-state index contributed by atoms with van der Waals surface area (Å²) in [6.07, 6.45) is 7.27. The molecule has 0 aromatic carbocycles. The van der Waals surface area contributed by atoms with E-state index in [0.29, 0.717) is 18.1 Å². The molecule has 6 nitrogen and oxygen atoms in total. The third kappa shape index (κ3) is 4.99. The van der Waals surface area contributed by atoms with Crippen LogP contribution in [0.25, 0.3) is 0 Å². The zero-order valence-electron chi connectivity index (χ0n) is 14.0. The second-order valence-corrected chi connectivity index (χ2v) is 7.00. The number of aromatic nitrogens is 2. The van der Waals surface area contributed by atoms with E-state index in [9.17, 15) is 9.59 Å². The molecule has 0 spiro atoms. The van der Waals surface area contributed by atoms with Gasteiger partial charge in [-0.1, -0.05) is 38.0 Å². The molecule has 0 saturated carbocycles. The lowest BCUT2D eigenvalue weighted by Gasteiger charge is -2.23. The first kappa shape index (κ1) is 17.8. The number of aryl methyl sites for hydroxylation is 1. The molecule has 1 atom stereocenters. The molecule has 1 aromatic rings. The van der Waals surface area contributed by atoms with Crippen LogP contribution in [0, 0.1) is 0 Å². The van der Waals surface area contributed by atoms with Gasteiger partial charge in [-0.05, 0) is 25.7 Å². The van der Waals surface area contributed by atoms with Crippen molar-refractivity contribution in [2.45, 2.75) is 71.3 Å². The fraction of sp³-hybridized carbons (Fsp3) is 0.750. The van der Waals surface area contributed by atoms with Gasteiger partial charge in [0.1, 0.15) is 11.0 Å². The average molecular weight is 338 g/mol. The Kier molecular flexibility index (Phi) is 6.95. The predicted octanol–water partition coefficient (Wildman–Crippen LogP) is 3.00. The largest absolute Gasteiger partial charge is 0.331 e. The molecule has 1 N–H and O–H groups in total. The minimum atomic E-state index is -0.360. The summed E-state index contributed by atoms with van der Waals surface area (Å²) in [4.78, 5) is 26.2. The van der Waals surface area contributed by atoms with E-state index in [4.69, 9.17) is 0 Å². The van der Waals surface area contributed by atoms with E-state index in [-0.39, 0.29) is 17.9 Å². The number of hydrogen-bond donors (Lipinski definition) is 1. The number of nitrogens with one attached hydrogen (secondary N) is 1. The van der Waals surface area contributed by atoms with E-state index in [1.807, 2.05) is 6.92 Å². The molecule has 1 aromatic heterocycles. The Hall–Kier alpha value is -1.50. The van der Waals surface area contributed by atoms with Gasteiger partial charge in [-0.25, -0.2) is 0 Å². The van der Waals surface area contributed by atoms with E-state index in [2.05, 4.69) is 22.4 Å². The molecule has 2 heterocycles. The van der Waals surface area contributed by atoms with Gasteiger partial charge < -0.3 is 4.90 Å². The highest BCUT2D eigenvalue weighted by atomic mass is 32.1. The Labute approximate surface area is 141 Å². The van der Waals surface area contributed by atoms with Crippen molar-refractivity contribution in [3.8, 4) is 0 Å². The highest BCUT2D eigenvalue weighted by Crippen LogP contribution is 2.22. The predicted molar refractivity (Wildman–Crippen MR) is 91.4 cm³/mol. The molecule has 2 rings (SSSR count). The van der Waals surface area contributed by atoms with Crippen LogP contribution in [0.4, 0.5) is 5.13 Å². The van der Waals surface area contributed by atoms with Crippen LogP contribution in [0.5, 0.6) is 0 Å². The molecule has 0 bridgehead atoms. The molecular weight excluding hydrogens is 312 g/mol. The van der Waals surface area contributed by atoms with Crippen molar-refractivity contribution < 1.29 is 9.59 Å². The standard InChI is InChI=1S/C16H26N4O2S/c1-3-5-6-10-13-18-19-16(23-13)17-15(22)12-9-7-11-20(12)14(21)8-4-2/h12H,3-11H2,1-2H3,(H,17,19,22). The van der Waals surface area contributed by atoms with Crippen LogP contribution in [0.2, 0.25) is 0 Å². The van der Waals surface area contributed by atoms with Gasteiger partial charge in [0.2, 0.25) is 16.9 Å². The summed E-state index contributed by atoms with van der Waals surface area (Å²) in [6, 6.07) is -0.360. The molecule has 1 aliphatic rings. The summed E-state index contributed by atoms with van der Waals surface area (Å²) in [5.41, 5.74) is 0. The zero-order chi connectivity index (χ0) is 16.7. The zero-order valence-corrected chi connectivity index (χ0v) is 14.8. The highest BCUT2D eigenvalue weighted by Gasteiger charge is 2.33. The van der Waals surface area contributed by atoms with Gasteiger partial charge in [-0.3, -0.25) is 14.9 Å². The monoisotopic (exact) mass is 338 g/mol. The maximum atomic E-state index is 12.4. The second kappa shape index (κ2) is 8.96. The molecule has 0 aliphatic carbocycles. The van der Waals surface area contributed by atoms with E-state index >= 15 is 0 Å². The Morgan fingerprint density at radius 3 is 2.83 bits per heavy atom. The first-order valence-electron chi connectivity index (χ1n) is 8.58. The minimum Gasteiger partial charge on any atom is -0.331 e. The van der Waals surface area contributed by atoms with E-state index in [1.165, 1.54) is 24.2 Å². The Morgan fingerprint density at radius 2 is 2.09 bits per heavy atom. The summed E-state index contributed by atoms with van der Waals surface area (Å²) in [6.45, 7) is 4.82. The number of unbranched alkanes of at least 4 members (excludes halogenated alkanes) is 2. The van der Waals surface area contributed by atoms with Crippen molar-refractivity contribution in [1.82, 2.24) is 15.1 Å². The number of amides is 2. The van der Waals surface area contributed by atoms with Crippen molar-refractivity contribution in [3.05, 3.63) is 5.01 Å². The van der Waals surface area contributed by atoms with Crippen LogP contribution < -0.4 is 5.32 Å². The van der Waals surface area contributed by atoms with Gasteiger partial charge in [0.05, 0.1) is 0 Å². The maximum absolute atomic E-state index is 12.4. The Bertz CT molecular complexity index is 532. The van der Waals surface area contributed by atoms with Crippen LogP contribution >= 0.6 is 11.3 Å². The molecule has 128 valence electrons. The van der Waals surface area contributed by atoms with Crippen LogP contribution in [0.15, 0.2) is 0 Å². The number of nitrogens with zero attached hydrogens (tertiary/aromatic N) is 3. The molecule has 23 heavy (non-hydrogen) atoms. The summed E-state index contributed by atoms with van der Waals surface area (Å²) in [7, 11) is 0. The fourth-order valence-corrected chi connectivity index (χ4v) is 3.60. The molecule has 1 fully saturated rings. The Balaban J connectivity index is 1.89. The first-order valence-corrected chi connectivity index (χ1v) is 9.40. The van der Waals surface area contributed by atoms with Crippen LogP contribution in [-0.2, 0) is 16.0 Å². The SMILES string of the molecule is CCCCCc1nnc(NC(=O)C2CCCN2C(=O)CCC)s1. The number of anilines is 1. The topological polar surface area (TPSA) is 75.2 Å². The molecular formula is C16H26N4O2S. The lowest BCUT2D eigenvalue weighted by molar-refractivity contribution is -0.136. The lowest BCUT2D eigenvalue weighted by Crippen LogP contribution is -2.43. The van der Waals surface area contributed by atoms with Crippen LogP contribution in [0.3, 0.4) is 0 Å². The van der Waals surface area contributed by atoms with Gasteiger partial charge in [0.25, 0.3) is 0 Å². The van der Waals surface area contributed by atoms with Crippen molar-refractivity contribution in [2.75, 3.05) is 11.9 Å². The molecule has 1 aliphatic heterocycles. The molecule has 2 amide bonds. The molecule has 0 radical (unpaired) electrons. The van der Waals surface area contributed by atoms with E-state index < -0.39 is 0 Å². The highest BCUT2D eigenvalue weighted by molar-refractivity contribution is 7.15. The molecule has 1 unspecified atom stereocenters. The van der Waals surface area contributed by atoms with Crippen molar-refractivity contribution in [1.29, 1.82) is 0 Å². The van der Waals surface area contributed by atoms with Crippen molar-refractivity contribution in [3.63, 3.8) is 0 Å². The summed E-state index contributed by atoms with van der Waals surface area (Å²) in [5.74, 6) is -0.0640. The number of carbonyl (C=O) groups is 2. The lowest BCUT2D eigenvalue weighted by atomic mass is 10.2. The number of likely N-dealkylation sites (tertiary alicyclic amines) is 1. The van der Waals surface area contributed by atoms with Gasteiger partial charge in [-0.15, -0.1) is 10.2 Å². The number of carbonyl (C=O) groups excluding carboxylic acids is 2. The third-order valence-electron chi connectivity index (χ3n) is 4.03. The van der Waals surface area contributed by atoms with Crippen molar-refractivity contribution in [2.24, 2.45) is 0 Å².